The maximum atomic E-state index is 5.37. The molecule has 0 saturated heterocycles. The van der Waals surface area contributed by atoms with Crippen molar-refractivity contribution in [1.82, 2.24) is 4.98 Å². The van der Waals surface area contributed by atoms with Gasteiger partial charge in [0, 0.05) is 23.2 Å². The summed E-state index contributed by atoms with van der Waals surface area (Å²) in [6, 6.07) is 6.16. The van der Waals surface area contributed by atoms with Crippen LogP contribution in [0.3, 0.4) is 0 Å². The van der Waals surface area contributed by atoms with Crippen LogP contribution in [0.2, 0.25) is 0 Å². The van der Waals surface area contributed by atoms with Gasteiger partial charge in [0.2, 0.25) is 0 Å². The van der Waals surface area contributed by atoms with Crippen LogP contribution in [0.1, 0.15) is 26.3 Å². The minimum atomic E-state index is 0.119. The molecule has 0 aliphatic carbocycles. The van der Waals surface area contributed by atoms with Crippen LogP contribution in [-0.4, -0.2) is 12.1 Å². The molecule has 0 atom stereocenters. The molecule has 0 unspecified atom stereocenters. The van der Waals surface area contributed by atoms with Crippen molar-refractivity contribution in [3.8, 4) is 5.75 Å². The molecule has 0 amide bonds. The van der Waals surface area contributed by atoms with Crippen LogP contribution in [0.15, 0.2) is 30.6 Å². The van der Waals surface area contributed by atoms with E-state index >= 15 is 0 Å². The average molecular weight is 215 g/mol. The van der Waals surface area contributed by atoms with E-state index in [0.29, 0.717) is 0 Å². The molecule has 0 radical (unpaired) electrons. The lowest BCUT2D eigenvalue weighted by molar-refractivity contribution is 0.419. The number of methoxy groups -OCH3 is 1. The second kappa shape index (κ2) is 3.78. The van der Waals surface area contributed by atoms with Gasteiger partial charge in [-0.05, 0) is 23.1 Å². The summed E-state index contributed by atoms with van der Waals surface area (Å²) in [6.07, 6.45) is 3.72. The maximum absolute atomic E-state index is 5.37. The predicted octanol–water partition coefficient (Wildman–Crippen LogP) is 3.54. The third-order valence-corrected chi connectivity index (χ3v) is 2.81. The van der Waals surface area contributed by atoms with Gasteiger partial charge < -0.3 is 4.74 Å². The highest BCUT2D eigenvalue weighted by molar-refractivity contribution is 5.91. The van der Waals surface area contributed by atoms with Crippen molar-refractivity contribution in [3.05, 3.63) is 36.2 Å². The number of ether oxygens (including phenoxy) is 1. The Kier molecular flexibility index (Phi) is 2.58. The summed E-state index contributed by atoms with van der Waals surface area (Å²) in [5, 5.41) is 2.30. The van der Waals surface area contributed by atoms with Crippen LogP contribution in [0.25, 0.3) is 10.8 Å². The van der Waals surface area contributed by atoms with Gasteiger partial charge in [-0.3, -0.25) is 4.98 Å². The van der Waals surface area contributed by atoms with Crippen molar-refractivity contribution in [1.29, 1.82) is 0 Å². The Morgan fingerprint density at radius 1 is 1.06 bits per heavy atom. The van der Waals surface area contributed by atoms with Crippen LogP contribution < -0.4 is 4.74 Å². The summed E-state index contributed by atoms with van der Waals surface area (Å²) in [4.78, 5) is 4.21. The molecule has 2 heteroatoms. The van der Waals surface area contributed by atoms with Crippen molar-refractivity contribution < 1.29 is 4.74 Å². The molecule has 0 aliphatic rings. The first-order valence-electron chi connectivity index (χ1n) is 5.45. The van der Waals surface area contributed by atoms with Gasteiger partial charge in [0.15, 0.2) is 0 Å². The summed E-state index contributed by atoms with van der Waals surface area (Å²) in [6.45, 7) is 6.63. The van der Waals surface area contributed by atoms with Crippen LogP contribution >= 0.6 is 0 Å². The summed E-state index contributed by atoms with van der Waals surface area (Å²) < 4.78 is 5.37. The Balaban J connectivity index is 2.80. The molecule has 1 aromatic carbocycles. The van der Waals surface area contributed by atoms with E-state index < -0.39 is 0 Å². The highest BCUT2D eigenvalue weighted by Gasteiger charge is 2.18. The number of aromatic nitrogens is 1. The van der Waals surface area contributed by atoms with E-state index in [1.807, 2.05) is 18.3 Å². The predicted molar refractivity (Wildman–Crippen MR) is 67.0 cm³/mol. The van der Waals surface area contributed by atoms with E-state index in [0.717, 1.165) is 11.1 Å². The average Bonchev–Trinajstić information content (AvgIpc) is 2.26. The zero-order valence-corrected chi connectivity index (χ0v) is 10.2. The second-order valence-corrected chi connectivity index (χ2v) is 4.99. The molecule has 0 N–H and O–H groups in total. The number of nitrogens with zero attached hydrogens (tertiary/aromatic N) is 1. The number of hydrogen-bond donors (Lipinski definition) is 0. The molecule has 0 spiro atoms. The van der Waals surface area contributed by atoms with Crippen LogP contribution in [0.4, 0.5) is 0 Å². The van der Waals surface area contributed by atoms with Crippen molar-refractivity contribution in [2.24, 2.45) is 0 Å². The molecule has 2 rings (SSSR count). The van der Waals surface area contributed by atoms with Crippen LogP contribution in [0, 0.1) is 0 Å². The maximum Gasteiger partial charge on any atom is 0.126 e. The zero-order chi connectivity index (χ0) is 11.8. The van der Waals surface area contributed by atoms with Crippen molar-refractivity contribution in [2.75, 3.05) is 7.11 Å². The van der Waals surface area contributed by atoms with E-state index in [2.05, 4.69) is 31.8 Å². The highest BCUT2D eigenvalue weighted by Crippen LogP contribution is 2.34. The molecule has 0 fully saturated rings. The van der Waals surface area contributed by atoms with Crippen molar-refractivity contribution in [2.45, 2.75) is 26.2 Å². The normalized spacial score (nSPS) is 11.8. The SMILES string of the molecule is COc1ccc(C(C)(C)C)c2cnccc12. The number of pyridine rings is 1. The van der Waals surface area contributed by atoms with Gasteiger partial charge in [0.1, 0.15) is 5.75 Å². The molecular formula is C14H17NO. The third kappa shape index (κ3) is 1.75. The highest BCUT2D eigenvalue weighted by atomic mass is 16.5. The zero-order valence-electron chi connectivity index (χ0n) is 10.2. The molecular weight excluding hydrogens is 198 g/mol. The van der Waals surface area contributed by atoms with Gasteiger partial charge in [-0.15, -0.1) is 0 Å². The van der Waals surface area contributed by atoms with Gasteiger partial charge in [-0.1, -0.05) is 26.8 Å². The first-order chi connectivity index (χ1) is 7.54. The molecule has 1 heterocycles. The Hall–Kier alpha value is -1.57. The third-order valence-electron chi connectivity index (χ3n) is 2.81. The second-order valence-electron chi connectivity index (χ2n) is 4.99. The quantitative estimate of drug-likeness (QED) is 0.726. The van der Waals surface area contributed by atoms with Gasteiger partial charge in [0.05, 0.1) is 7.11 Å². The Morgan fingerprint density at radius 2 is 1.81 bits per heavy atom. The molecule has 0 saturated carbocycles. The van der Waals surface area contributed by atoms with Crippen LogP contribution in [0.5, 0.6) is 5.75 Å². The molecule has 0 bridgehead atoms. The summed E-state index contributed by atoms with van der Waals surface area (Å²) in [5.41, 5.74) is 1.42. The first kappa shape index (κ1) is 10.9. The molecule has 84 valence electrons. The topological polar surface area (TPSA) is 22.1 Å². The Labute approximate surface area is 96.3 Å². The Bertz CT molecular complexity index is 512. The molecule has 0 aliphatic heterocycles. The van der Waals surface area contributed by atoms with Crippen LogP contribution in [-0.2, 0) is 5.41 Å². The lowest BCUT2D eigenvalue weighted by Gasteiger charge is -2.21. The van der Waals surface area contributed by atoms with E-state index in [1.165, 1.54) is 10.9 Å². The number of rotatable bonds is 1. The Morgan fingerprint density at radius 3 is 2.44 bits per heavy atom. The molecule has 2 aromatic rings. The smallest absolute Gasteiger partial charge is 0.126 e. The van der Waals surface area contributed by atoms with Gasteiger partial charge in [-0.2, -0.15) is 0 Å². The summed E-state index contributed by atoms with van der Waals surface area (Å²) in [7, 11) is 1.70. The molecule has 1 aromatic heterocycles. The van der Waals surface area contributed by atoms with Gasteiger partial charge in [-0.25, -0.2) is 0 Å². The van der Waals surface area contributed by atoms with E-state index in [-0.39, 0.29) is 5.41 Å². The van der Waals surface area contributed by atoms with Gasteiger partial charge in [0.25, 0.3) is 0 Å². The lowest BCUT2D eigenvalue weighted by Crippen LogP contribution is -2.11. The monoisotopic (exact) mass is 215 g/mol. The molecule has 2 nitrogen and oxygen atoms in total. The minimum absolute atomic E-state index is 0.119. The van der Waals surface area contributed by atoms with Gasteiger partial charge >= 0.3 is 0 Å². The standard InChI is InChI=1S/C14H17NO/c1-14(2,3)12-5-6-13(16-4)10-7-8-15-9-11(10)12/h5-9H,1-4H3. The molecule has 16 heavy (non-hydrogen) atoms. The van der Waals surface area contributed by atoms with E-state index in [9.17, 15) is 0 Å². The largest absolute Gasteiger partial charge is 0.496 e. The number of hydrogen-bond acceptors (Lipinski definition) is 2. The number of benzene rings is 1. The van der Waals surface area contributed by atoms with E-state index in [1.54, 1.807) is 13.3 Å². The number of fused-ring (bicyclic) bond motifs is 1. The first-order valence-corrected chi connectivity index (χ1v) is 5.45. The van der Waals surface area contributed by atoms with E-state index in [4.69, 9.17) is 4.74 Å². The lowest BCUT2D eigenvalue weighted by atomic mass is 9.84. The van der Waals surface area contributed by atoms with Crippen molar-refractivity contribution in [3.63, 3.8) is 0 Å². The van der Waals surface area contributed by atoms with Crippen molar-refractivity contribution >= 4 is 10.8 Å². The fourth-order valence-corrected chi connectivity index (χ4v) is 1.99. The summed E-state index contributed by atoms with van der Waals surface area (Å²) >= 11 is 0. The summed E-state index contributed by atoms with van der Waals surface area (Å²) in [5.74, 6) is 0.908. The minimum Gasteiger partial charge on any atom is -0.496 e. The fourth-order valence-electron chi connectivity index (χ4n) is 1.99. The fraction of sp³-hybridized carbons (Fsp3) is 0.357.